The van der Waals surface area contributed by atoms with Gasteiger partial charge in [0, 0.05) is 6.04 Å². The van der Waals surface area contributed by atoms with Gasteiger partial charge in [-0.1, -0.05) is 20.3 Å². The lowest BCUT2D eigenvalue weighted by atomic mass is 9.71. The van der Waals surface area contributed by atoms with Gasteiger partial charge in [-0.3, -0.25) is 0 Å². The van der Waals surface area contributed by atoms with Crippen LogP contribution >= 0.6 is 0 Å². The topological polar surface area (TPSA) is 46.2 Å². The Hall–Kier alpha value is -0.0800. The first-order valence-electron chi connectivity index (χ1n) is 4.54. The first-order chi connectivity index (χ1) is 5.06. The molecular weight excluding hydrogens is 138 g/mol. The number of hydrogen-bond acceptors (Lipinski definition) is 2. The van der Waals surface area contributed by atoms with Crippen LogP contribution in [0.3, 0.4) is 0 Å². The van der Waals surface area contributed by atoms with Crippen LogP contribution in [0.15, 0.2) is 0 Å². The Morgan fingerprint density at radius 1 is 1.64 bits per heavy atom. The molecule has 0 bridgehead atoms. The van der Waals surface area contributed by atoms with Crippen molar-refractivity contribution in [2.24, 2.45) is 11.7 Å². The molecule has 1 unspecified atom stereocenters. The molecule has 1 saturated carbocycles. The first kappa shape index (κ1) is 9.01. The molecule has 0 heterocycles. The molecular formula is C9H19NO. The van der Waals surface area contributed by atoms with Gasteiger partial charge in [0.15, 0.2) is 0 Å². The Bertz CT molecular complexity index is 130. The summed E-state index contributed by atoms with van der Waals surface area (Å²) in [6.45, 7) is 4.34. The van der Waals surface area contributed by atoms with Crippen LogP contribution in [0.25, 0.3) is 0 Å². The van der Waals surface area contributed by atoms with Crippen LogP contribution < -0.4 is 5.73 Å². The highest BCUT2D eigenvalue weighted by molar-refractivity contribution is 4.97. The van der Waals surface area contributed by atoms with Crippen molar-refractivity contribution in [1.29, 1.82) is 0 Å². The Kier molecular flexibility index (Phi) is 2.55. The Morgan fingerprint density at radius 3 is 2.55 bits per heavy atom. The van der Waals surface area contributed by atoms with Crippen LogP contribution in [0.2, 0.25) is 0 Å². The zero-order chi connectivity index (χ0) is 8.48. The van der Waals surface area contributed by atoms with Crippen molar-refractivity contribution in [2.75, 3.05) is 0 Å². The summed E-state index contributed by atoms with van der Waals surface area (Å²) in [5.41, 5.74) is 5.20. The molecule has 2 nitrogen and oxygen atoms in total. The molecule has 11 heavy (non-hydrogen) atoms. The van der Waals surface area contributed by atoms with E-state index in [4.69, 9.17) is 5.73 Å². The molecule has 1 aliphatic rings. The van der Waals surface area contributed by atoms with Gasteiger partial charge in [0.1, 0.15) is 0 Å². The summed E-state index contributed by atoms with van der Waals surface area (Å²) in [5.74, 6) is 0.632. The lowest BCUT2D eigenvalue weighted by molar-refractivity contribution is -0.0633. The van der Waals surface area contributed by atoms with Gasteiger partial charge < -0.3 is 10.8 Å². The van der Waals surface area contributed by atoms with Crippen molar-refractivity contribution in [3.63, 3.8) is 0 Å². The minimum absolute atomic E-state index is 0.254. The second kappa shape index (κ2) is 3.11. The van der Waals surface area contributed by atoms with Crippen LogP contribution in [0.4, 0.5) is 0 Å². The predicted molar refractivity (Wildman–Crippen MR) is 46.2 cm³/mol. The third-order valence-corrected chi connectivity index (χ3v) is 2.71. The fourth-order valence-corrected chi connectivity index (χ4v) is 1.88. The SMILES string of the molecule is CCC(C)CC1(O)CC(N)C1. The van der Waals surface area contributed by atoms with Crippen LogP contribution in [-0.2, 0) is 0 Å². The van der Waals surface area contributed by atoms with Crippen molar-refractivity contribution in [2.45, 2.75) is 51.2 Å². The van der Waals surface area contributed by atoms with Crippen molar-refractivity contribution < 1.29 is 5.11 Å². The van der Waals surface area contributed by atoms with Crippen molar-refractivity contribution >= 4 is 0 Å². The molecule has 1 atom stereocenters. The van der Waals surface area contributed by atoms with Gasteiger partial charge in [-0.15, -0.1) is 0 Å². The summed E-state index contributed by atoms with van der Waals surface area (Å²) in [7, 11) is 0. The summed E-state index contributed by atoms with van der Waals surface area (Å²) < 4.78 is 0. The molecule has 0 radical (unpaired) electrons. The summed E-state index contributed by atoms with van der Waals surface area (Å²) in [5, 5.41) is 9.80. The van der Waals surface area contributed by atoms with Crippen molar-refractivity contribution in [3.05, 3.63) is 0 Å². The molecule has 1 aliphatic carbocycles. The molecule has 2 heteroatoms. The number of aliphatic hydroxyl groups is 1. The molecule has 66 valence electrons. The van der Waals surface area contributed by atoms with Gasteiger partial charge in [-0.05, 0) is 25.2 Å². The maximum absolute atomic E-state index is 9.80. The molecule has 3 N–H and O–H groups in total. The van der Waals surface area contributed by atoms with Gasteiger partial charge in [0.05, 0.1) is 5.60 Å². The quantitative estimate of drug-likeness (QED) is 0.648. The molecule has 0 spiro atoms. The van der Waals surface area contributed by atoms with Crippen LogP contribution in [0, 0.1) is 5.92 Å². The zero-order valence-corrected chi connectivity index (χ0v) is 7.51. The van der Waals surface area contributed by atoms with Crippen LogP contribution in [-0.4, -0.2) is 16.7 Å². The van der Waals surface area contributed by atoms with Gasteiger partial charge in [-0.25, -0.2) is 0 Å². The van der Waals surface area contributed by atoms with Crippen molar-refractivity contribution in [3.8, 4) is 0 Å². The van der Waals surface area contributed by atoms with E-state index in [0.29, 0.717) is 5.92 Å². The molecule has 1 fully saturated rings. The summed E-state index contributed by atoms with van der Waals surface area (Å²) >= 11 is 0. The second-order valence-electron chi connectivity index (χ2n) is 4.11. The molecule has 0 amide bonds. The number of hydrogen-bond donors (Lipinski definition) is 2. The van der Waals surface area contributed by atoms with E-state index in [-0.39, 0.29) is 6.04 Å². The van der Waals surface area contributed by atoms with Gasteiger partial charge in [-0.2, -0.15) is 0 Å². The second-order valence-corrected chi connectivity index (χ2v) is 4.11. The Labute approximate surface area is 68.8 Å². The van der Waals surface area contributed by atoms with Gasteiger partial charge in [0.2, 0.25) is 0 Å². The van der Waals surface area contributed by atoms with E-state index in [0.717, 1.165) is 25.7 Å². The molecule has 1 rings (SSSR count). The highest BCUT2D eigenvalue weighted by atomic mass is 16.3. The highest BCUT2D eigenvalue weighted by Crippen LogP contribution is 2.36. The Morgan fingerprint density at radius 2 is 2.18 bits per heavy atom. The van der Waals surface area contributed by atoms with E-state index in [1.165, 1.54) is 0 Å². The molecule has 0 aromatic carbocycles. The monoisotopic (exact) mass is 157 g/mol. The minimum Gasteiger partial charge on any atom is -0.390 e. The molecule has 0 aliphatic heterocycles. The largest absolute Gasteiger partial charge is 0.390 e. The summed E-state index contributed by atoms with van der Waals surface area (Å²) in [4.78, 5) is 0. The lowest BCUT2D eigenvalue weighted by Crippen LogP contribution is -2.52. The van der Waals surface area contributed by atoms with E-state index in [9.17, 15) is 5.11 Å². The number of rotatable bonds is 3. The van der Waals surface area contributed by atoms with E-state index in [2.05, 4.69) is 13.8 Å². The Balaban J connectivity index is 2.26. The minimum atomic E-state index is -0.408. The standard InChI is InChI=1S/C9H19NO/c1-3-7(2)4-9(11)5-8(10)6-9/h7-8,11H,3-6,10H2,1-2H3. The predicted octanol–water partition coefficient (Wildman–Crippen LogP) is 1.27. The fraction of sp³-hybridized carbons (Fsp3) is 1.00. The van der Waals surface area contributed by atoms with Crippen LogP contribution in [0.5, 0.6) is 0 Å². The normalized spacial score (nSPS) is 39.8. The zero-order valence-electron chi connectivity index (χ0n) is 7.51. The fourth-order valence-electron chi connectivity index (χ4n) is 1.88. The van der Waals surface area contributed by atoms with E-state index < -0.39 is 5.60 Å². The van der Waals surface area contributed by atoms with E-state index in [1.54, 1.807) is 0 Å². The van der Waals surface area contributed by atoms with Crippen LogP contribution in [0.1, 0.15) is 39.5 Å². The molecule has 0 saturated heterocycles. The maximum Gasteiger partial charge on any atom is 0.0679 e. The van der Waals surface area contributed by atoms with Gasteiger partial charge >= 0.3 is 0 Å². The number of nitrogens with two attached hydrogens (primary N) is 1. The van der Waals surface area contributed by atoms with Crippen molar-refractivity contribution in [1.82, 2.24) is 0 Å². The lowest BCUT2D eigenvalue weighted by Gasteiger charge is -2.43. The maximum atomic E-state index is 9.80. The summed E-state index contributed by atoms with van der Waals surface area (Å²) in [6, 6.07) is 0.254. The molecule has 0 aromatic rings. The van der Waals surface area contributed by atoms with E-state index >= 15 is 0 Å². The molecule has 0 aromatic heterocycles. The highest BCUT2D eigenvalue weighted by Gasteiger charge is 2.40. The average Bonchev–Trinajstić information content (AvgIpc) is 1.84. The smallest absolute Gasteiger partial charge is 0.0679 e. The third-order valence-electron chi connectivity index (χ3n) is 2.71. The summed E-state index contributed by atoms with van der Waals surface area (Å²) in [6.07, 6.45) is 3.68. The first-order valence-corrected chi connectivity index (χ1v) is 4.54. The van der Waals surface area contributed by atoms with Gasteiger partial charge in [0.25, 0.3) is 0 Å². The average molecular weight is 157 g/mol. The third kappa shape index (κ3) is 2.17. The van der Waals surface area contributed by atoms with E-state index in [1.807, 2.05) is 0 Å².